The first-order chi connectivity index (χ1) is 10.9. The van der Waals surface area contributed by atoms with Crippen LogP contribution in [0.4, 0.5) is 18.9 Å². The number of ether oxygens (including phenoxy) is 1. The maximum Gasteiger partial charge on any atom is 0.573 e. The Balaban J connectivity index is 0.00000208. The number of hydrogen-bond donors (Lipinski definition) is 2. The van der Waals surface area contributed by atoms with E-state index in [0.717, 1.165) is 12.8 Å². The van der Waals surface area contributed by atoms with E-state index in [1.165, 1.54) is 31.0 Å². The van der Waals surface area contributed by atoms with E-state index in [4.69, 9.17) is 0 Å². The lowest BCUT2D eigenvalue weighted by atomic mass is 9.89. The molecule has 2 N–H and O–H groups in total. The van der Waals surface area contributed by atoms with E-state index < -0.39 is 6.36 Å². The van der Waals surface area contributed by atoms with Crippen molar-refractivity contribution in [3.63, 3.8) is 0 Å². The highest BCUT2D eigenvalue weighted by Gasteiger charge is 2.34. The second-order valence-corrected chi connectivity index (χ2v) is 6.30. The molecule has 3 rings (SSSR count). The molecule has 0 spiro atoms. The first-order valence-electron chi connectivity index (χ1n) is 7.79. The second-order valence-electron chi connectivity index (χ2n) is 6.30. The molecule has 4 nitrogen and oxygen atoms in total. The molecule has 2 atom stereocenters. The van der Waals surface area contributed by atoms with Crippen LogP contribution in [0.5, 0.6) is 5.75 Å². The van der Waals surface area contributed by atoms with Gasteiger partial charge in [0, 0.05) is 30.3 Å². The van der Waals surface area contributed by atoms with Crippen LogP contribution in [0.15, 0.2) is 24.3 Å². The number of anilines is 1. The number of piperidine rings is 1. The van der Waals surface area contributed by atoms with Gasteiger partial charge in [-0.1, -0.05) is 6.07 Å². The third-order valence-corrected chi connectivity index (χ3v) is 4.40. The number of nitrogens with one attached hydrogen (secondary N) is 2. The predicted octanol–water partition coefficient (Wildman–Crippen LogP) is 3.87. The summed E-state index contributed by atoms with van der Waals surface area (Å²) in [6, 6.07) is 6.37. The number of alkyl halides is 3. The zero-order valence-corrected chi connectivity index (χ0v) is 13.8. The van der Waals surface area contributed by atoms with E-state index in [9.17, 15) is 18.0 Å². The Labute approximate surface area is 144 Å². The fourth-order valence-corrected chi connectivity index (χ4v) is 3.59. The average molecular weight is 365 g/mol. The van der Waals surface area contributed by atoms with Gasteiger partial charge >= 0.3 is 6.36 Å². The van der Waals surface area contributed by atoms with E-state index in [0.29, 0.717) is 30.1 Å². The summed E-state index contributed by atoms with van der Waals surface area (Å²) in [5.74, 6) is -0.168. The molecule has 24 heavy (non-hydrogen) atoms. The van der Waals surface area contributed by atoms with Crippen LogP contribution in [0.3, 0.4) is 0 Å². The topological polar surface area (TPSA) is 50.4 Å². The normalized spacial score (nSPS) is 25.7. The summed E-state index contributed by atoms with van der Waals surface area (Å²) in [5, 5.41) is 6.18. The van der Waals surface area contributed by atoms with Gasteiger partial charge in [-0.05, 0) is 43.7 Å². The van der Waals surface area contributed by atoms with Crippen LogP contribution in [-0.4, -0.2) is 24.4 Å². The monoisotopic (exact) mass is 364 g/mol. The molecule has 2 saturated heterocycles. The minimum atomic E-state index is -4.74. The Morgan fingerprint density at radius 3 is 2.54 bits per heavy atom. The quantitative estimate of drug-likeness (QED) is 0.852. The van der Waals surface area contributed by atoms with Crippen LogP contribution in [0, 0.1) is 5.92 Å². The number of benzene rings is 1. The molecule has 2 bridgehead atoms. The highest BCUT2D eigenvalue weighted by molar-refractivity contribution is 5.91. The molecule has 8 heteroatoms. The molecule has 2 fully saturated rings. The van der Waals surface area contributed by atoms with Gasteiger partial charge < -0.3 is 15.4 Å². The largest absolute Gasteiger partial charge is 0.573 e. The molecule has 2 aliphatic rings. The predicted molar refractivity (Wildman–Crippen MR) is 86.3 cm³/mol. The number of carbonyl (C=O) groups is 1. The number of carbonyl (C=O) groups excluding carboxylic acids is 1. The lowest BCUT2D eigenvalue weighted by molar-refractivity contribution is -0.274. The second kappa shape index (κ2) is 7.61. The van der Waals surface area contributed by atoms with Crippen molar-refractivity contribution in [2.24, 2.45) is 5.92 Å². The molecule has 0 radical (unpaired) electrons. The van der Waals surface area contributed by atoms with E-state index in [1.807, 2.05) is 0 Å². The fourth-order valence-electron chi connectivity index (χ4n) is 3.59. The maximum absolute atomic E-state index is 12.2. The summed E-state index contributed by atoms with van der Waals surface area (Å²) >= 11 is 0. The zero-order chi connectivity index (χ0) is 16.4. The Bertz CT molecular complexity index is 571. The standard InChI is InChI=1S/C16H19F3N2O2.ClH/c17-16(18,19)23-14-3-1-2-11(9-14)21-15(22)8-10-6-12-4-5-13(7-10)20-12;/h1-3,9-10,12-13,20H,4-8H2,(H,21,22);1H. The molecule has 1 aromatic rings. The van der Waals surface area contributed by atoms with Crippen LogP contribution in [-0.2, 0) is 4.79 Å². The third-order valence-electron chi connectivity index (χ3n) is 4.40. The number of rotatable bonds is 4. The molecule has 1 aromatic carbocycles. The Hall–Kier alpha value is -1.47. The Kier molecular flexibility index (Phi) is 5.98. The van der Waals surface area contributed by atoms with E-state index in [2.05, 4.69) is 15.4 Å². The molecule has 0 saturated carbocycles. The number of fused-ring (bicyclic) bond motifs is 2. The summed E-state index contributed by atoms with van der Waals surface area (Å²) in [7, 11) is 0. The summed E-state index contributed by atoms with van der Waals surface area (Å²) < 4.78 is 40.5. The lowest BCUT2D eigenvalue weighted by Gasteiger charge is -2.28. The van der Waals surface area contributed by atoms with Crippen LogP contribution in [0.1, 0.15) is 32.1 Å². The van der Waals surface area contributed by atoms with Gasteiger partial charge in [-0.25, -0.2) is 0 Å². The van der Waals surface area contributed by atoms with Crippen molar-refractivity contribution >= 4 is 24.0 Å². The van der Waals surface area contributed by atoms with Crippen LogP contribution in [0.25, 0.3) is 0 Å². The van der Waals surface area contributed by atoms with Gasteiger partial charge in [-0.15, -0.1) is 25.6 Å². The molecule has 2 aliphatic heterocycles. The lowest BCUT2D eigenvalue weighted by Crippen LogP contribution is -2.39. The number of hydrogen-bond acceptors (Lipinski definition) is 3. The molecular formula is C16H20ClF3N2O2. The molecule has 2 unspecified atom stereocenters. The molecule has 2 heterocycles. The number of halogens is 4. The average Bonchev–Trinajstić information content (AvgIpc) is 2.76. The maximum atomic E-state index is 12.2. The summed E-state index contributed by atoms with van der Waals surface area (Å²) in [4.78, 5) is 12.1. The van der Waals surface area contributed by atoms with Crippen molar-refractivity contribution in [1.82, 2.24) is 5.32 Å². The van der Waals surface area contributed by atoms with E-state index in [-0.39, 0.29) is 24.1 Å². The molecule has 0 aromatic heterocycles. The Morgan fingerprint density at radius 2 is 1.92 bits per heavy atom. The van der Waals surface area contributed by atoms with Crippen molar-refractivity contribution in [3.8, 4) is 5.75 Å². The van der Waals surface area contributed by atoms with Gasteiger partial charge in [0.25, 0.3) is 0 Å². The Morgan fingerprint density at radius 1 is 1.25 bits per heavy atom. The van der Waals surface area contributed by atoms with Gasteiger partial charge in [0.15, 0.2) is 0 Å². The highest BCUT2D eigenvalue weighted by Crippen LogP contribution is 2.33. The van der Waals surface area contributed by atoms with Crippen molar-refractivity contribution in [2.75, 3.05) is 5.32 Å². The first kappa shape index (κ1) is 18.9. The smallest absolute Gasteiger partial charge is 0.406 e. The van der Waals surface area contributed by atoms with Crippen LogP contribution < -0.4 is 15.4 Å². The zero-order valence-electron chi connectivity index (χ0n) is 12.9. The van der Waals surface area contributed by atoms with Crippen molar-refractivity contribution in [1.29, 1.82) is 0 Å². The fraction of sp³-hybridized carbons (Fsp3) is 0.562. The highest BCUT2D eigenvalue weighted by atomic mass is 35.5. The van der Waals surface area contributed by atoms with Gasteiger partial charge in [-0.2, -0.15) is 0 Å². The van der Waals surface area contributed by atoms with Crippen molar-refractivity contribution in [2.45, 2.75) is 50.6 Å². The summed E-state index contributed by atoms with van der Waals surface area (Å²) in [6.45, 7) is 0. The first-order valence-corrected chi connectivity index (χ1v) is 7.79. The van der Waals surface area contributed by atoms with E-state index in [1.54, 1.807) is 6.07 Å². The summed E-state index contributed by atoms with van der Waals surface area (Å²) in [5.41, 5.74) is 0.314. The van der Waals surface area contributed by atoms with Gasteiger partial charge in [0.05, 0.1) is 0 Å². The van der Waals surface area contributed by atoms with Crippen molar-refractivity contribution in [3.05, 3.63) is 24.3 Å². The van der Waals surface area contributed by atoms with Gasteiger partial charge in [0.2, 0.25) is 5.91 Å². The van der Waals surface area contributed by atoms with Crippen molar-refractivity contribution < 1.29 is 22.7 Å². The minimum Gasteiger partial charge on any atom is -0.406 e. The number of amides is 1. The van der Waals surface area contributed by atoms with Crippen LogP contribution in [0.2, 0.25) is 0 Å². The van der Waals surface area contributed by atoms with Gasteiger partial charge in [-0.3, -0.25) is 4.79 Å². The third kappa shape index (κ3) is 5.27. The molecule has 1 amide bonds. The summed E-state index contributed by atoms with van der Waals surface area (Å²) in [6.07, 6.45) is -0.0302. The van der Waals surface area contributed by atoms with E-state index >= 15 is 0 Å². The van der Waals surface area contributed by atoms with Gasteiger partial charge in [0.1, 0.15) is 5.75 Å². The molecule has 134 valence electrons. The minimum absolute atomic E-state index is 0. The SMILES string of the molecule is Cl.O=C(CC1CC2CCC(C1)N2)Nc1cccc(OC(F)(F)F)c1. The molecular weight excluding hydrogens is 345 g/mol. The van der Waals surface area contributed by atoms with Crippen LogP contribution >= 0.6 is 12.4 Å². The molecule has 0 aliphatic carbocycles.